The summed E-state index contributed by atoms with van der Waals surface area (Å²) in [6, 6.07) is -0.245. The summed E-state index contributed by atoms with van der Waals surface area (Å²) in [5, 5.41) is 8.86. The maximum atomic E-state index is 12.8. The number of unbranched alkanes of at least 4 members (excludes halogenated alkanes) is 3. The fourth-order valence-electron chi connectivity index (χ4n) is 3.48. The molecule has 1 unspecified atom stereocenters. The number of rotatable bonds is 9. The van der Waals surface area contributed by atoms with Gasteiger partial charge in [0, 0.05) is 25.8 Å². The molecule has 0 radical (unpaired) electrons. The molecule has 1 aromatic heterocycles. The Labute approximate surface area is 180 Å². The Bertz CT molecular complexity index is 681. The molecule has 162 valence electrons. The third kappa shape index (κ3) is 6.21. The van der Waals surface area contributed by atoms with Crippen LogP contribution in [0.1, 0.15) is 64.7 Å². The average molecular weight is 443 g/mol. The molecule has 10 heteroatoms. The number of amides is 2. The van der Waals surface area contributed by atoms with Gasteiger partial charge in [-0.05, 0) is 32.1 Å². The Balaban J connectivity index is 1.60. The van der Waals surface area contributed by atoms with Crippen LogP contribution >= 0.6 is 23.1 Å². The van der Waals surface area contributed by atoms with E-state index in [0.717, 1.165) is 42.2 Å². The van der Waals surface area contributed by atoms with Gasteiger partial charge < -0.3 is 14.4 Å². The van der Waals surface area contributed by atoms with Crippen LogP contribution in [0.5, 0.6) is 0 Å². The minimum Gasteiger partial charge on any atom is -0.431 e. The number of hydrogen-bond donors (Lipinski definition) is 0. The maximum absolute atomic E-state index is 12.8. The van der Waals surface area contributed by atoms with Gasteiger partial charge in [0.15, 0.2) is 10.6 Å². The van der Waals surface area contributed by atoms with Crippen LogP contribution in [0.25, 0.3) is 0 Å². The van der Waals surface area contributed by atoms with Gasteiger partial charge in [-0.2, -0.15) is 0 Å². The van der Waals surface area contributed by atoms with E-state index in [4.69, 9.17) is 9.47 Å². The molecule has 1 atom stereocenters. The van der Waals surface area contributed by atoms with Crippen LogP contribution in [-0.2, 0) is 9.47 Å². The summed E-state index contributed by atoms with van der Waals surface area (Å²) in [5.74, 6) is 0.982. The molecular formula is C19H30N4O4S2. The van der Waals surface area contributed by atoms with E-state index in [1.54, 1.807) is 23.7 Å². The van der Waals surface area contributed by atoms with Gasteiger partial charge in [0.05, 0.1) is 0 Å². The van der Waals surface area contributed by atoms with Gasteiger partial charge in [-0.25, -0.2) is 14.5 Å². The third-order valence-corrected chi connectivity index (χ3v) is 7.30. The van der Waals surface area contributed by atoms with E-state index in [1.807, 2.05) is 0 Å². The predicted octanol–water partition coefficient (Wildman–Crippen LogP) is 4.89. The Morgan fingerprint density at radius 3 is 2.72 bits per heavy atom. The first-order valence-electron chi connectivity index (χ1n) is 10.5. The maximum Gasteiger partial charge on any atom is 0.510 e. The zero-order valence-corrected chi connectivity index (χ0v) is 18.8. The van der Waals surface area contributed by atoms with E-state index >= 15 is 0 Å². The Morgan fingerprint density at radius 1 is 1.17 bits per heavy atom. The minimum absolute atomic E-state index is 0.0739. The zero-order chi connectivity index (χ0) is 20.6. The molecule has 29 heavy (non-hydrogen) atoms. The first-order valence-corrected chi connectivity index (χ1v) is 12.3. The van der Waals surface area contributed by atoms with Crippen LogP contribution in [0.3, 0.4) is 0 Å². The van der Waals surface area contributed by atoms with Gasteiger partial charge in [0.1, 0.15) is 6.10 Å². The molecule has 2 heterocycles. The van der Waals surface area contributed by atoms with E-state index in [0.29, 0.717) is 18.1 Å². The summed E-state index contributed by atoms with van der Waals surface area (Å²) < 4.78 is 11.7. The number of urea groups is 1. The van der Waals surface area contributed by atoms with Crippen molar-refractivity contribution in [1.82, 2.24) is 15.1 Å². The molecule has 1 saturated carbocycles. The van der Waals surface area contributed by atoms with E-state index in [2.05, 4.69) is 17.1 Å². The van der Waals surface area contributed by atoms with Crippen LogP contribution in [-0.4, -0.2) is 59.0 Å². The number of aromatic nitrogens is 2. The van der Waals surface area contributed by atoms with Crippen molar-refractivity contribution in [3.8, 4) is 0 Å². The number of anilines is 1. The van der Waals surface area contributed by atoms with Crippen molar-refractivity contribution in [2.45, 2.75) is 81.4 Å². The van der Waals surface area contributed by atoms with Crippen molar-refractivity contribution in [2.24, 2.45) is 0 Å². The monoisotopic (exact) mass is 442 g/mol. The van der Waals surface area contributed by atoms with Crippen LogP contribution in [0.2, 0.25) is 0 Å². The van der Waals surface area contributed by atoms with E-state index in [1.165, 1.54) is 35.5 Å². The molecule has 0 spiro atoms. The highest BCUT2D eigenvalue weighted by Crippen LogP contribution is 2.33. The molecule has 3 rings (SSSR count). The number of carbonyl (C=O) groups is 2. The first-order chi connectivity index (χ1) is 14.1. The second kappa shape index (κ2) is 11.0. The molecule has 8 nitrogen and oxygen atoms in total. The summed E-state index contributed by atoms with van der Waals surface area (Å²) in [6.45, 7) is 2.70. The molecule has 0 aromatic carbocycles. The van der Waals surface area contributed by atoms with Gasteiger partial charge >= 0.3 is 12.2 Å². The van der Waals surface area contributed by atoms with Gasteiger partial charge in [-0.3, -0.25) is 0 Å². The smallest absolute Gasteiger partial charge is 0.431 e. The van der Waals surface area contributed by atoms with Crippen molar-refractivity contribution < 1.29 is 19.1 Å². The topological polar surface area (TPSA) is 84.9 Å². The van der Waals surface area contributed by atoms with Gasteiger partial charge in [0.2, 0.25) is 5.13 Å². The molecule has 1 aliphatic heterocycles. The summed E-state index contributed by atoms with van der Waals surface area (Å²) in [6.07, 6.45) is 7.69. The van der Waals surface area contributed by atoms with Crippen molar-refractivity contribution >= 4 is 40.4 Å². The third-order valence-electron chi connectivity index (χ3n) is 5.15. The molecule has 0 bridgehead atoms. The Morgan fingerprint density at radius 2 is 1.97 bits per heavy atom. The summed E-state index contributed by atoms with van der Waals surface area (Å²) in [5.41, 5.74) is 0. The fraction of sp³-hybridized carbons (Fsp3) is 0.789. The summed E-state index contributed by atoms with van der Waals surface area (Å²) >= 11 is 3.01. The fourth-order valence-corrected chi connectivity index (χ4v) is 5.42. The summed E-state index contributed by atoms with van der Waals surface area (Å²) in [4.78, 5) is 28.0. The number of hydrogen-bond acceptors (Lipinski definition) is 8. The molecule has 1 saturated heterocycles. The number of nitrogens with zero attached hydrogens (tertiary/aromatic N) is 4. The van der Waals surface area contributed by atoms with Crippen molar-refractivity contribution in [2.75, 3.05) is 24.2 Å². The molecular weight excluding hydrogens is 412 g/mol. The first kappa shape index (κ1) is 22.1. The van der Waals surface area contributed by atoms with Crippen LogP contribution in [0, 0.1) is 0 Å². The van der Waals surface area contributed by atoms with Crippen LogP contribution < -0.4 is 4.90 Å². The Kier molecular flexibility index (Phi) is 8.40. The molecule has 2 fully saturated rings. The number of ether oxygens (including phenoxy) is 2. The molecule has 2 amide bonds. The number of carbonyl (C=O) groups excluding carboxylic acids is 2. The van der Waals surface area contributed by atoms with Crippen molar-refractivity contribution in [3.63, 3.8) is 0 Å². The molecule has 0 N–H and O–H groups in total. The number of thioether (sulfide) groups is 1. The minimum atomic E-state index is -0.719. The average Bonchev–Trinajstić information content (AvgIpc) is 3.37. The molecule has 1 aromatic rings. The van der Waals surface area contributed by atoms with Gasteiger partial charge in [-0.15, -0.1) is 10.2 Å². The second-order valence-electron chi connectivity index (χ2n) is 7.47. The highest BCUT2D eigenvalue weighted by atomic mass is 32.2. The molecule has 1 aliphatic carbocycles. The highest BCUT2D eigenvalue weighted by molar-refractivity contribution is 8.01. The largest absolute Gasteiger partial charge is 0.510 e. The molecule has 2 aliphatic rings. The lowest BCUT2D eigenvalue weighted by Gasteiger charge is -2.37. The van der Waals surface area contributed by atoms with Gasteiger partial charge in [-0.1, -0.05) is 49.3 Å². The quantitative estimate of drug-likeness (QED) is 0.233. The van der Waals surface area contributed by atoms with Crippen molar-refractivity contribution in [3.05, 3.63) is 0 Å². The second-order valence-corrected chi connectivity index (χ2v) is 9.77. The highest BCUT2D eigenvalue weighted by Gasteiger charge is 2.38. The lowest BCUT2D eigenvalue weighted by atomic mass is 10.2. The zero-order valence-electron chi connectivity index (χ0n) is 17.2. The van der Waals surface area contributed by atoms with Gasteiger partial charge in [0.25, 0.3) is 0 Å². The van der Waals surface area contributed by atoms with E-state index in [9.17, 15) is 9.59 Å². The van der Waals surface area contributed by atoms with Crippen LogP contribution in [0.15, 0.2) is 4.34 Å². The predicted molar refractivity (Wildman–Crippen MR) is 114 cm³/mol. The normalized spacial score (nSPS) is 20.3. The van der Waals surface area contributed by atoms with E-state index < -0.39 is 12.4 Å². The standard InChI is InChI=1S/C19H30N4O4S2/c1-3-4-5-8-13-28-17-21-20-16(29-17)23-15(11-12-22(2)18(23)24)27-19(25)26-14-9-6-7-10-14/h14-15H,3-13H2,1-2H3. The van der Waals surface area contributed by atoms with Crippen LogP contribution in [0.4, 0.5) is 14.7 Å². The SMILES string of the molecule is CCCCCCSc1nnc(N2C(=O)N(C)CCC2OC(=O)OC2CCCC2)s1. The Hall–Kier alpha value is -1.55. The van der Waals surface area contributed by atoms with Crippen molar-refractivity contribution in [1.29, 1.82) is 0 Å². The summed E-state index contributed by atoms with van der Waals surface area (Å²) in [7, 11) is 1.73. The lowest BCUT2D eigenvalue weighted by Crippen LogP contribution is -2.54. The lowest BCUT2D eigenvalue weighted by molar-refractivity contribution is -0.00657. The van der Waals surface area contributed by atoms with E-state index in [-0.39, 0.29) is 12.1 Å².